The average Bonchev–Trinajstić information content (AvgIpc) is 3.64. The van der Waals surface area contributed by atoms with Gasteiger partial charge < -0.3 is 9.73 Å². The molecule has 0 fully saturated rings. The Kier molecular flexibility index (Phi) is 7.13. The van der Waals surface area contributed by atoms with Gasteiger partial charge in [0.2, 0.25) is 5.89 Å². The van der Waals surface area contributed by atoms with Crippen LogP contribution in [0.3, 0.4) is 0 Å². The van der Waals surface area contributed by atoms with Crippen molar-refractivity contribution in [3.05, 3.63) is 187 Å². The van der Waals surface area contributed by atoms with Crippen molar-refractivity contribution < 1.29 is 4.42 Å². The summed E-state index contributed by atoms with van der Waals surface area (Å²) in [6.45, 7) is 0. The molecular weight excluding hydrogens is 601 g/mol. The topological polar surface area (TPSA) is 62.8 Å². The van der Waals surface area contributed by atoms with Crippen molar-refractivity contribution in [1.29, 1.82) is 0 Å². The van der Waals surface area contributed by atoms with E-state index >= 15 is 0 Å². The molecule has 1 N–H and O–H groups in total. The molecule has 1 aliphatic heterocycles. The Balaban J connectivity index is 1.09. The lowest BCUT2D eigenvalue weighted by atomic mass is 9.98. The molecule has 1 unspecified atom stereocenters. The van der Waals surface area contributed by atoms with Gasteiger partial charge in [0.25, 0.3) is 0 Å². The summed E-state index contributed by atoms with van der Waals surface area (Å²) in [5.41, 5.74) is 10.1. The fraction of sp³-hybridized carbons (Fsp3) is 0.0227. The van der Waals surface area contributed by atoms with Crippen LogP contribution in [0.4, 0.5) is 0 Å². The normalized spacial score (nSPS) is 14.3. The Labute approximate surface area is 284 Å². The largest absolute Gasteiger partial charge is 0.436 e. The maximum atomic E-state index is 6.13. The Morgan fingerprint density at radius 3 is 1.88 bits per heavy atom. The highest BCUT2D eigenvalue weighted by Gasteiger charge is 2.21. The quantitative estimate of drug-likeness (QED) is 0.199. The van der Waals surface area contributed by atoms with Crippen LogP contribution in [0.1, 0.15) is 22.9 Å². The van der Waals surface area contributed by atoms with E-state index in [1.54, 1.807) is 0 Å². The van der Waals surface area contributed by atoms with Crippen molar-refractivity contribution in [3.63, 3.8) is 0 Å². The fourth-order valence-electron chi connectivity index (χ4n) is 6.45. The minimum Gasteiger partial charge on any atom is -0.436 e. The third-order valence-corrected chi connectivity index (χ3v) is 8.95. The first-order valence-electron chi connectivity index (χ1n) is 16.4. The van der Waals surface area contributed by atoms with Gasteiger partial charge in [0.05, 0.1) is 0 Å². The number of amidine groups is 2. The second-order valence-corrected chi connectivity index (χ2v) is 12.1. The molecule has 8 aromatic rings. The second-order valence-electron chi connectivity index (χ2n) is 12.1. The van der Waals surface area contributed by atoms with Gasteiger partial charge in [-0.05, 0) is 69.6 Å². The number of rotatable bonds is 6. The molecule has 0 spiro atoms. The summed E-state index contributed by atoms with van der Waals surface area (Å²) < 4.78 is 6.13. The summed E-state index contributed by atoms with van der Waals surface area (Å²) in [7, 11) is 0. The van der Waals surface area contributed by atoms with E-state index in [9.17, 15) is 0 Å². The number of hydrogen-bond acceptors (Lipinski definition) is 5. The monoisotopic (exact) mass is 630 g/mol. The van der Waals surface area contributed by atoms with Crippen LogP contribution in [0.5, 0.6) is 0 Å². The predicted molar refractivity (Wildman–Crippen MR) is 200 cm³/mol. The van der Waals surface area contributed by atoms with E-state index < -0.39 is 0 Å². The Morgan fingerprint density at radius 1 is 0.490 bits per heavy atom. The molecule has 1 aromatic heterocycles. The molecule has 0 bridgehead atoms. The Morgan fingerprint density at radius 2 is 1.10 bits per heavy atom. The Bertz CT molecular complexity index is 2520. The van der Waals surface area contributed by atoms with Crippen molar-refractivity contribution in [3.8, 4) is 33.7 Å². The van der Waals surface area contributed by atoms with Gasteiger partial charge >= 0.3 is 0 Å². The smallest absolute Gasteiger partial charge is 0.227 e. The summed E-state index contributed by atoms with van der Waals surface area (Å²) in [5, 5.41) is 5.77. The third-order valence-electron chi connectivity index (χ3n) is 8.95. The maximum Gasteiger partial charge on any atom is 0.227 e. The number of nitrogens with zero attached hydrogens (tertiary/aromatic N) is 3. The van der Waals surface area contributed by atoms with Crippen molar-refractivity contribution in [2.24, 2.45) is 9.98 Å². The zero-order valence-corrected chi connectivity index (χ0v) is 26.5. The average molecular weight is 631 g/mol. The van der Waals surface area contributed by atoms with Gasteiger partial charge in [0, 0.05) is 22.1 Å². The highest BCUT2D eigenvalue weighted by molar-refractivity contribution is 6.13. The number of aromatic nitrogens is 1. The van der Waals surface area contributed by atoms with Crippen LogP contribution in [-0.2, 0) is 0 Å². The second kappa shape index (κ2) is 12.2. The molecule has 2 heterocycles. The van der Waals surface area contributed by atoms with Crippen LogP contribution in [0.2, 0.25) is 0 Å². The van der Waals surface area contributed by atoms with Gasteiger partial charge in [0.15, 0.2) is 11.4 Å². The molecule has 9 rings (SSSR count). The standard InChI is InChI=1S/C44H30N4O/c1-4-12-29(13-5-1)32-18-10-20-36(27-32)42-46-41(30-14-6-2-7-15-30)47-43(48-42)37-21-11-19-33(28-37)34-22-24-38-35(26-34)23-25-39-40(38)45-44(49-39)31-16-8-3-9-17-31/h1-28,41H,(H,46,47,48). The molecule has 0 aliphatic carbocycles. The van der Waals surface area contributed by atoms with Gasteiger partial charge in [-0.2, -0.15) is 0 Å². The van der Waals surface area contributed by atoms with Gasteiger partial charge in [-0.3, -0.25) is 0 Å². The summed E-state index contributed by atoms with van der Waals surface area (Å²) in [4.78, 5) is 15.1. The lowest BCUT2D eigenvalue weighted by molar-refractivity contribution is 0.620. The summed E-state index contributed by atoms with van der Waals surface area (Å²) in [5.74, 6) is 2.11. The van der Waals surface area contributed by atoms with Crippen molar-refractivity contribution in [2.75, 3.05) is 0 Å². The van der Waals surface area contributed by atoms with Crippen LogP contribution in [0, 0.1) is 0 Å². The van der Waals surface area contributed by atoms with Crippen LogP contribution in [0.15, 0.2) is 184 Å². The van der Waals surface area contributed by atoms with Crippen LogP contribution in [-0.4, -0.2) is 16.7 Å². The number of nitrogens with one attached hydrogen (secondary N) is 1. The van der Waals surface area contributed by atoms with Gasteiger partial charge in [-0.1, -0.05) is 133 Å². The zero-order chi connectivity index (χ0) is 32.6. The van der Waals surface area contributed by atoms with Gasteiger partial charge in [-0.25, -0.2) is 15.0 Å². The molecular formula is C44H30N4O. The van der Waals surface area contributed by atoms with Crippen molar-refractivity contribution in [1.82, 2.24) is 10.3 Å². The van der Waals surface area contributed by atoms with E-state index in [1.807, 2.05) is 60.7 Å². The van der Waals surface area contributed by atoms with Crippen LogP contribution >= 0.6 is 0 Å². The fourth-order valence-corrected chi connectivity index (χ4v) is 6.45. The molecule has 5 nitrogen and oxygen atoms in total. The maximum absolute atomic E-state index is 6.13. The molecule has 232 valence electrons. The first-order chi connectivity index (χ1) is 24.2. The molecule has 0 saturated heterocycles. The van der Waals surface area contributed by atoms with Crippen LogP contribution in [0.25, 0.3) is 55.6 Å². The van der Waals surface area contributed by atoms with E-state index in [0.29, 0.717) is 11.7 Å². The molecule has 49 heavy (non-hydrogen) atoms. The minimum absolute atomic E-state index is 0.279. The van der Waals surface area contributed by atoms with Gasteiger partial charge in [0.1, 0.15) is 17.5 Å². The van der Waals surface area contributed by atoms with E-state index in [-0.39, 0.29) is 6.17 Å². The summed E-state index contributed by atoms with van der Waals surface area (Å²) >= 11 is 0. The molecule has 0 saturated carbocycles. The minimum atomic E-state index is -0.279. The number of benzene rings is 7. The highest BCUT2D eigenvalue weighted by Crippen LogP contribution is 2.33. The lowest BCUT2D eigenvalue weighted by Crippen LogP contribution is -2.33. The molecule has 0 amide bonds. The van der Waals surface area contributed by atoms with Gasteiger partial charge in [-0.15, -0.1) is 0 Å². The predicted octanol–water partition coefficient (Wildman–Crippen LogP) is 10.5. The summed E-state index contributed by atoms with van der Waals surface area (Å²) in [6, 6.07) is 58.4. The first-order valence-corrected chi connectivity index (χ1v) is 16.4. The zero-order valence-electron chi connectivity index (χ0n) is 26.5. The van der Waals surface area contributed by atoms with Crippen LogP contribution < -0.4 is 5.32 Å². The molecule has 5 heteroatoms. The highest BCUT2D eigenvalue weighted by atomic mass is 16.3. The van der Waals surface area contributed by atoms with Crippen molar-refractivity contribution >= 4 is 33.5 Å². The molecule has 0 radical (unpaired) electrons. The Hall–Kier alpha value is -6.59. The van der Waals surface area contributed by atoms with E-state index in [2.05, 4.69) is 115 Å². The number of oxazole rings is 1. The van der Waals surface area contributed by atoms with Crippen molar-refractivity contribution in [2.45, 2.75) is 6.17 Å². The molecule has 7 aromatic carbocycles. The lowest BCUT2D eigenvalue weighted by Gasteiger charge is -2.24. The molecule has 1 aliphatic rings. The third kappa shape index (κ3) is 5.57. The van der Waals surface area contributed by atoms with E-state index in [0.717, 1.165) is 66.7 Å². The molecule has 1 atom stereocenters. The number of hydrogen-bond donors (Lipinski definition) is 1. The first kappa shape index (κ1) is 28.6. The van der Waals surface area contributed by atoms with E-state index in [4.69, 9.17) is 19.4 Å². The summed E-state index contributed by atoms with van der Waals surface area (Å²) in [6.07, 6.45) is -0.279. The number of aliphatic imine (C=N–C) groups is 2. The number of fused-ring (bicyclic) bond motifs is 3. The van der Waals surface area contributed by atoms with E-state index in [1.165, 1.54) is 5.56 Å². The SMILES string of the molecule is c1ccc(-c2cccc(C3=NC(c4cccc(-c5ccc6c(ccc7oc(-c8ccccc8)nc76)c5)c4)=NC(c4ccccc4)N3)c2)cc1.